The summed E-state index contributed by atoms with van der Waals surface area (Å²) in [6, 6.07) is 10.2. The van der Waals surface area contributed by atoms with Crippen molar-refractivity contribution in [2.24, 2.45) is 0 Å². The van der Waals surface area contributed by atoms with Crippen LogP contribution in [0.4, 0.5) is 0 Å². The van der Waals surface area contributed by atoms with E-state index in [9.17, 15) is 0 Å². The predicted molar refractivity (Wildman–Crippen MR) is 102 cm³/mol. The number of rotatable bonds is 4. The number of para-hydroxylation sites is 1. The van der Waals surface area contributed by atoms with Crippen molar-refractivity contribution in [1.29, 1.82) is 0 Å². The first-order valence-electron chi connectivity index (χ1n) is 9.38. The quantitative estimate of drug-likeness (QED) is 0.834. The molecular weight excluding hydrogens is 334 g/mol. The molecule has 2 fully saturated rings. The average Bonchev–Trinajstić information content (AvgIpc) is 3.02. The number of likely N-dealkylation sites (tertiary alicyclic amines) is 1. The molecule has 0 radical (unpaired) electrons. The molecule has 0 bridgehead atoms. The summed E-state index contributed by atoms with van der Waals surface area (Å²) in [6.45, 7) is 7.30. The monoisotopic (exact) mass is 359 g/mol. The molecule has 134 valence electrons. The van der Waals surface area contributed by atoms with Gasteiger partial charge in [-0.1, -0.05) is 29.8 Å². The predicted octanol–water partition coefficient (Wildman–Crippen LogP) is 3.57. The summed E-state index contributed by atoms with van der Waals surface area (Å²) in [5, 5.41) is 1.83. The smallest absolute Gasteiger partial charge is 0.0891 e. The third-order valence-corrected chi connectivity index (χ3v) is 5.51. The average molecular weight is 360 g/mol. The number of hydrogen-bond acceptors (Lipinski definition) is 4. The second-order valence-electron chi connectivity index (χ2n) is 7.20. The zero-order chi connectivity index (χ0) is 17.1. The topological polar surface area (TPSA) is 28.6 Å². The lowest BCUT2D eigenvalue weighted by Crippen LogP contribution is -2.39. The molecule has 1 aromatic heterocycles. The molecule has 0 unspecified atom stereocenters. The summed E-state index contributed by atoms with van der Waals surface area (Å²) >= 11 is 6.31. The van der Waals surface area contributed by atoms with Crippen molar-refractivity contribution >= 4 is 22.5 Å². The molecule has 0 aliphatic carbocycles. The van der Waals surface area contributed by atoms with Gasteiger partial charge in [-0.15, -0.1) is 0 Å². The van der Waals surface area contributed by atoms with E-state index in [-0.39, 0.29) is 0 Å². The van der Waals surface area contributed by atoms with Crippen LogP contribution in [0.2, 0.25) is 5.02 Å². The van der Waals surface area contributed by atoms with Gasteiger partial charge in [-0.25, -0.2) is 4.98 Å². The summed E-state index contributed by atoms with van der Waals surface area (Å²) in [5.74, 6) is 0. The number of halogens is 1. The largest absolute Gasteiger partial charge is 0.376 e. The fourth-order valence-corrected chi connectivity index (χ4v) is 4.17. The Morgan fingerprint density at radius 1 is 1.04 bits per heavy atom. The van der Waals surface area contributed by atoms with E-state index >= 15 is 0 Å². The van der Waals surface area contributed by atoms with Crippen molar-refractivity contribution in [1.82, 2.24) is 14.8 Å². The molecule has 2 saturated heterocycles. The minimum atomic E-state index is 0.310. The van der Waals surface area contributed by atoms with Gasteiger partial charge in [0.05, 0.1) is 22.3 Å². The highest BCUT2D eigenvalue weighted by molar-refractivity contribution is 6.35. The van der Waals surface area contributed by atoms with Gasteiger partial charge in [0, 0.05) is 38.2 Å². The maximum absolute atomic E-state index is 6.31. The first kappa shape index (κ1) is 17.2. The third kappa shape index (κ3) is 4.32. The minimum absolute atomic E-state index is 0.310. The third-order valence-electron chi connectivity index (χ3n) is 5.21. The SMILES string of the molecule is Clc1cccc2ccc(CN3CCCO[C@H](CN4CCCC4)C3)nc12. The summed E-state index contributed by atoms with van der Waals surface area (Å²) in [7, 11) is 0. The molecule has 0 N–H and O–H groups in total. The Labute approximate surface area is 154 Å². The summed E-state index contributed by atoms with van der Waals surface area (Å²) < 4.78 is 6.10. The number of nitrogens with zero attached hydrogens (tertiary/aromatic N) is 3. The zero-order valence-corrected chi connectivity index (χ0v) is 15.4. The van der Waals surface area contributed by atoms with Crippen LogP contribution in [-0.2, 0) is 11.3 Å². The van der Waals surface area contributed by atoms with E-state index in [0.29, 0.717) is 6.10 Å². The van der Waals surface area contributed by atoms with Crippen LogP contribution in [0.25, 0.3) is 10.9 Å². The van der Waals surface area contributed by atoms with Gasteiger partial charge in [0.2, 0.25) is 0 Å². The van der Waals surface area contributed by atoms with Crippen LogP contribution >= 0.6 is 11.6 Å². The highest BCUT2D eigenvalue weighted by Crippen LogP contribution is 2.22. The molecule has 5 heteroatoms. The van der Waals surface area contributed by atoms with Crippen molar-refractivity contribution < 1.29 is 4.74 Å². The lowest BCUT2D eigenvalue weighted by atomic mass is 10.2. The van der Waals surface area contributed by atoms with E-state index in [0.717, 1.165) is 60.8 Å². The van der Waals surface area contributed by atoms with Crippen LogP contribution in [0.3, 0.4) is 0 Å². The molecule has 2 aliphatic rings. The Bertz CT molecular complexity index is 717. The molecule has 3 heterocycles. The van der Waals surface area contributed by atoms with Crippen molar-refractivity contribution in [3.8, 4) is 0 Å². The number of benzene rings is 1. The highest BCUT2D eigenvalue weighted by Gasteiger charge is 2.23. The Morgan fingerprint density at radius 2 is 1.88 bits per heavy atom. The first-order chi connectivity index (χ1) is 12.3. The van der Waals surface area contributed by atoms with Crippen LogP contribution in [0, 0.1) is 0 Å². The van der Waals surface area contributed by atoms with Gasteiger partial charge in [0.1, 0.15) is 0 Å². The number of fused-ring (bicyclic) bond motifs is 1. The van der Waals surface area contributed by atoms with E-state index in [4.69, 9.17) is 21.3 Å². The molecule has 0 amide bonds. The Morgan fingerprint density at radius 3 is 2.76 bits per heavy atom. The Hall–Kier alpha value is -1.20. The summed E-state index contributed by atoms with van der Waals surface area (Å²) in [4.78, 5) is 9.83. The zero-order valence-electron chi connectivity index (χ0n) is 14.7. The number of pyridine rings is 1. The number of hydrogen-bond donors (Lipinski definition) is 0. The molecule has 0 saturated carbocycles. The van der Waals surface area contributed by atoms with Gasteiger partial charge in [-0.2, -0.15) is 0 Å². The molecule has 4 nitrogen and oxygen atoms in total. The molecule has 0 spiro atoms. The van der Waals surface area contributed by atoms with Crippen molar-refractivity contribution in [2.45, 2.75) is 31.9 Å². The lowest BCUT2D eigenvalue weighted by Gasteiger charge is -2.26. The molecule has 1 aromatic carbocycles. The first-order valence-corrected chi connectivity index (χ1v) is 9.76. The second kappa shape index (κ2) is 8.00. The maximum atomic E-state index is 6.31. The highest BCUT2D eigenvalue weighted by atomic mass is 35.5. The van der Waals surface area contributed by atoms with Crippen molar-refractivity contribution in [3.63, 3.8) is 0 Å². The Kier molecular flexibility index (Phi) is 5.51. The van der Waals surface area contributed by atoms with E-state index < -0.39 is 0 Å². The normalized spacial score (nSPS) is 23.2. The fourth-order valence-electron chi connectivity index (χ4n) is 3.95. The lowest BCUT2D eigenvalue weighted by molar-refractivity contribution is 0.0306. The molecular formula is C20H26ClN3O. The van der Waals surface area contributed by atoms with Crippen LogP contribution in [0.5, 0.6) is 0 Å². The molecule has 25 heavy (non-hydrogen) atoms. The van der Waals surface area contributed by atoms with Crippen LogP contribution in [-0.4, -0.2) is 60.2 Å². The van der Waals surface area contributed by atoms with Gasteiger partial charge in [0.25, 0.3) is 0 Å². The van der Waals surface area contributed by atoms with E-state index in [1.165, 1.54) is 25.9 Å². The van der Waals surface area contributed by atoms with Gasteiger partial charge in [-0.05, 0) is 44.5 Å². The number of ether oxygens (including phenoxy) is 1. The van der Waals surface area contributed by atoms with Crippen LogP contribution in [0.15, 0.2) is 30.3 Å². The van der Waals surface area contributed by atoms with E-state index in [2.05, 4.69) is 28.0 Å². The van der Waals surface area contributed by atoms with Gasteiger partial charge < -0.3 is 9.64 Å². The van der Waals surface area contributed by atoms with E-state index in [1.54, 1.807) is 0 Å². The van der Waals surface area contributed by atoms with E-state index in [1.807, 2.05) is 12.1 Å². The van der Waals surface area contributed by atoms with Gasteiger partial charge in [-0.3, -0.25) is 4.90 Å². The van der Waals surface area contributed by atoms with Crippen molar-refractivity contribution in [3.05, 3.63) is 41.0 Å². The van der Waals surface area contributed by atoms with Gasteiger partial charge >= 0.3 is 0 Å². The maximum Gasteiger partial charge on any atom is 0.0891 e. The standard InChI is InChI=1S/C20H26ClN3O/c21-19-6-3-5-16-7-8-17(22-20(16)19)13-24-11-4-12-25-18(15-24)14-23-9-1-2-10-23/h3,5-8,18H,1-2,4,9-15H2/t18-/m1/s1. The molecule has 4 rings (SSSR count). The molecule has 2 aromatic rings. The Balaban J connectivity index is 1.44. The molecule has 1 atom stereocenters. The van der Waals surface area contributed by atoms with Crippen LogP contribution < -0.4 is 0 Å². The minimum Gasteiger partial charge on any atom is -0.376 e. The summed E-state index contributed by atoms with van der Waals surface area (Å²) in [5.41, 5.74) is 1.99. The van der Waals surface area contributed by atoms with Crippen LogP contribution in [0.1, 0.15) is 25.0 Å². The number of aromatic nitrogens is 1. The van der Waals surface area contributed by atoms with Crippen molar-refractivity contribution in [2.75, 3.05) is 39.3 Å². The van der Waals surface area contributed by atoms with Gasteiger partial charge in [0.15, 0.2) is 0 Å². The molecule has 2 aliphatic heterocycles. The second-order valence-corrected chi connectivity index (χ2v) is 7.61. The summed E-state index contributed by atoms with van der Waals surface area (Å²) in [6.07, 6.45) is 4.06. The fraction of sp³-hybridized carbons (Fsp3) is 0.550.